The van der Waals surface area contributed by atoms with Gasteiger partial charge in [-0.3, -0.25) is 14.4 Å². The minimum absolute atomic E-state index is 0.107. The molecule has 2 aliphatic rings. The van der Waals surface area contributed by atoms with Crippen molar-refractivity contribution in [2.45, 2.75) is 70.1 Å². The van der Waals surface area contributed by atoms with Gasteiger partial charge in [-0.25, -0.2) is 4.79 Å². The highest BCUT2D eigenvalue weighted by atomic mass is 16.5. The summed E-state index contributed by atoms with van der Waals surface area (Å²) in [5.41, 5.74) is 3.75. The van der Waals surface area contributed by atoms with Crippen molar-refractivity contribution in [2.75, 3.05) is 50.6 Å². The van der Waals surface area contributed by atoms with Gasteiger partial charge in [0.25, 0.3) is 0 Å². The molecule has 12 nitrogen and oxygen atoms in total. The van der Waals surface area contributed by atoms with Crippen LogP contribution in [0.3, 0.4) is 0 Å². The van der Waals surface area contributed by atoms with Crippen LogP contribution in [0.2, 0.25) is 0 Å². The van der Waals surface area contributed by atoms with Gasteiger partial charge in [-0.15, -0.1) is 10.2 Å². The molecule has 46 heavy (non-hydrogen) atoms. The van der Waals surface area contributed by atoms with Gasteiger partial charge < -0.3 is 24.6 Å². The van der Waals surface area contributed by atoms with Crippen molar-refractivity contribution in [3.8, 4) is 5.75 Å². The fourth-order valence-corrected chi connectivity index (χ4v) is 6.22. The van der Waals surface area contributed by atoms with E-state index in [0.717, 1.165) is 86.1 Å². The maximum absolute atomic E-state index is 13.1. The molecule has 0 bridgehead atoms. The summed E-state index contributed by atoms with van der Waals surface area (Å²) in [7, 11) is 5.97. The monoisotopic (exact) mass is 629 g/mol. The predicted octanol–water partition coefficient (Wildman–Crippen LogP) is 5.08. The van der Waals surface area contributed by atoms with Gasteiger partial charge >= 0.3 is 6.03 Å². The first-order valence-corrected chi connectivity index (χ1v) is 16.3. The number of urea groups is 1. The number of hydrogen-bond donors (Lipinski definition) is 2. The second-order valence-corrected chi connectivity index (χ2v) is 13.7. The van der Waals surface area contributed by atoms with Crippen molar-refractivity contribution in [3.05, 3.63) is 65.5 Å². The Kier molecular flexibility index (Phi) is 9.19. The third-order valence-electron chi connectivity index (χ3n) is 8.88. The number of ether oxygens (including phenoxy) is 2. The molecule has 0 radical (unpaired) electrons. The lowest BCUT2D eigenvalue weighted by Gasteiger charge is -2.33. The lowest BCUT2D eigenvalue weighted by atomic mass is 9.85. The summed E-state index contributed by atoms with van der Waals surface area (Å²) < 4.78 is 16.4. The number of carbonyl (C=O) groups is 1. The Balaban J connectivity index is 1.11. The first-order valence-electron chi connectivity index (χ1n) is 16.3. The number of nitrogens with zero attached hydrogens (tertiary/aromatic N) is 7. The van der Waals surface area contributed by atoms with Crippen LogP contribution in [0.1, 0.15) is 75.4 Å². The number of likely N-dealkylation sites (N-methyl/N-ethyl adjacent to an activating group) is 1. The summed E-state index contributed by atoms with van der Waals surface area (Å²) in [6.45, 7) is 9.74. The van der Waals surface area contributed by atoms with E-state index in [1.165, 1.54) is 0 Å². The van der Waals surface area contributed by atoms with Crippen LogP contribution in [-0.4, -0.2) is 81.8 Å². The van der Waals surface area contributed by atoms with Crippen LogP contribution in [0.4, 0.5) is 16.6 Å². The van der Waals surface area contributed by atoms with Crippen molar-refractivity contribution in [2.24, 2.45) is 7.05 Å². The molecule has 0 saturated carbocycles. The molecule has 1 aromatic carbocycles. The molecule has 1 saturated heterocycles. The molecule has 0 spiro atoms. The summed E-state index contributed by atoms with van der Waals surface area (Å²) in [5.74, 6) is 2.24. The van der Waals surface area contributed by atoms with E-state index < -0.39 is 0 Å². The quantitative estimate of drug-likeness (QED) is 0.264. The third-order valence-corrected chi connectivity index (χ3v) is 8.88. The van der Waals surface area contributed by atoms with Crippen molar-refractivity contribution < 1.29 is 14.3 Å². The lowest BCUT2D eigenvalue weighted by Crippen LogP contribution is -2.38. The Morgan fingerprint density at radius 1 is 1.02 bits per heavy atom. The highest BCUT2D eigenvalue weighted by Crippen LogP contribution is 2.39. The Bertz CT molecular complexity index is 1650. The number of carbonyl (C=O) groups excluding carboxylic acids is 1. The van der Waals surface area contributed by atoms with E-state index in [1.54, 1.807) is 4.68 Å². The average molecular weight is 630 g/mol. The Morgan fingerprint density at radius 3 is 2.50 bits per heavy atom. The first kappa shape index (κ1) is 31.8. The van der Waals surface area contributed by atoms with Gasteiger partial charge in [-0.1, -0.05) is 45.0 Å². The van der Waals surface area contributed by atoms with E-state index in [0.29, 0.717) is 5.82 Å². The van der Waals surface area contributed by atoms with E-state index >= 15 is 0 Å². The number of aromatic nitrogens is 5. The number of benzene rings is 1. The summed E-state index contributed by atoms with van der Waals surface area (Å²) in [6, 6.07) is 13.7. The zero-order valence-corrected chi connectivity index (χ0v) is 27.9. The topological polar surface area (TPSA) is 114 Å². The van der Waals surface area contributed by atoms with E-state index in [1.807, 2.05) is 48.0 Å². The largest absolute Gasteiger partial charge is 0.484 e. The van der Waals surface area contributed by atoms with E-state index in [2.05, 4.69) is 82.7 Å². The van der Waals surface area contributed by atoms with Gasteiger partial charge in [0.1, 0.15) is 17.7 Å². The van der Waals surface area contributed by atoms with Gasteiger partial charge in [-0.05, 0) is 63.0 Å². The molecule has 4 aromatic rings. The van der Waals surface area contributed by atoms with Crippen LogP contribution < -0.4 is 20.3 Å². The molecule has 1 fully saturated rings. The molecule has 1 aliphatic carbocycles. The number of fused-ring (bicyclic) bond motifs is 2. The molecular formula is C34H47N9O3. The molecule has 1 aliphatic heterocycles. The highest BCUT2D eigenvalue weighted by molar-refractivity contribution is 5.88. The Morgan fingerprint density at radius 2 is 1.78 bits per heavy atom. The number of hydrogen-bond acceptors (Lipinski definition) is 8. The highest BCUT2D eigenvalue weighted by Gasteiger charge is 2.30. The fraction of sp³-hybridized carbons (Fsp3) is 0.529. The van der Waals surface area contributed by atoms with Crippen molar-refractivity contribution in [1.29, 1.82) is 0 Å². The summed E-state index contributed by atoms with van der Waals surface area (Å²) in [4.78, 5) is 17.5. The minimum Gasteiger partial charge on any atom is -0.484 e. The van der Waals surface area contributed by atoms with Gasteiger partial charge in [-0.2, -0.15) is 5.10 Å². The van der Waals surface area contributed by atoms with E-state index in [-0.39, 0.29) is 29.7 Å². The summed E-state index contributed by atoms with van der Waals surface area (Å²) >= 11 is 0. The van der Waals surface area contributed by atoms with E-state index in [4.69, 9.17) is 9.47 Å². The molecule has 2 N–H and O–H groups in total. The van der Waals surface area contributed by atoms with Gasteiger partial charge in [0.15, 0.2) is 5.65 Å². The normalized spacial score (nSPS) is 19.0. The SMILES string of the molecule is CN(C)CCOC1CCN(c2nnc3ccc(O[C@@H]4CC[C@H](NC(=O)Nc5cc(C(C)(C)C)nn5C)c5ccccc54)cn23)CC1. The van der Waals surface area contributed by atoms with E-state index in [9.17, 15) is 4.79 Å². The molecule has 3 aromatic heterocycles. The fourth-order valence-electron chi connectivity index (χ4n) is 6.22. The Hall–Kier alpha value is -4.16. The van der Waals surface area contributed by atoms with Gasteiger partial charge in [0.05, 0.1) is 30.6 Å². The van der Waals surface area contributed by atoms with Gasteiger partial charge in [0.2, 0.25) is 5.95 Å². The minimum atomic E-state index is -0.252. The number of nitrogens with one attached hydrogen (secondary N) is 2. The molecule has 12 heteroatoms. The van der Waals surface area contributed by atoms with Crippen LogP contribution in [0.15, 0.2) is 48.7 Å². The van der Waals surface area contributed by atoms with Crippen LogP contribution >= 0.6 is 0 Å². The molecule has 0 unspecified atom stereocenters. The van der Waals surface area contributed by atoms with Crippen LogP contribution in [0.25, 0.3) is 5.65 Å². The standard InChI is InChI=1S/C34H47N9O3/c1-34(2,3)29-21-31(41(6)39-29)36-32(44)35-27-12-13-28(26-10-8-7-9-25(26)27)46-24-11-14-30-37-38-33(43(30)22-24)42-17-15-23(16-18-42)45-20-19-40(4)5/h7-11,14,21-23,27-28H,12-13,15-20H2,1-6H3,(H2,35,36,44)/t27-,28+/m0/s1. The van der Waals surface area contributed by atoms with Crippen molar-refractivity contribution in [3.63, 3.8) is 0 Å². The van der Waals surface area contributed by atoms with Crippen LogP contribution in [0.5, 0.6) is 5.75 Å². The predicted molar refractivity (Wildman–Crippen MR) is 179 cm³/mol. The van der Waals surface area contributed by atoms with Crippen LogP contribution in [0, 0.1) is 0 Å². The molecule has 2 atom stereocenters. The average Bonchev–Trinajstić information content (AvgIpc) is 3.61. The number of rotatable bonds is 9. The first-order chi connectivity index (χ1) is 22.0. The Labute approximate surface area is 271 Å². The third kappa shape index (κ3) is 7.13. The molecule has 2 amide bonds. The van der Waals surface area contributed by atoms with Crippen molar-refractivity contribution >= 4 is 23.4 Å². The smallest absolute Gasteiger partial charge is 0.320 e. The number of piperidine rings is 1. The second kappa shape index (κ2) is 13.3. The number of aryl methyl sites for hydroxylation is 1. The maximum atomic E-state index is 13.1. The zero-order valence-electron chi connectivity index (χ0n) is 27.9. The molecule has 4 heterocycles. The van der Waals surface area contributed by atoms with Crippen LogP contribution in [-0.2, 0) is 17.2 Å². The lowest BCUT2D eigenvalue weighted by molar-refractivity contribution is 0.0292. The maximum Gasteiger partial charge on any atom is 0.320 e. The number of amides is 2. The number of pyridine rings is 1. The number of anilines is 2. The zero-order chi connectivity index (χ0) is 32.4. The van der Waals surface area contributed by atoms with Crippen molar-refractivity contribution in [1.82, 2.24) is 34.6 Å². The second-order valence-electron chi connectivity index (χ2n) is 13.7. The summed E-state index contributed by atoms with van der Waals surface area (Å²) in [5, 5.41) is 19.7. The summed E-state index contributed by atoms with van der Waals surface area (Å²) in [6.07, 6.45) is 5.56. The molecule has 6 rings (SSSR count). The molecular weight excluding hydrogens is 582 g/mol. The van der Waals surface area contributed by atoms with Gasteiger partial charge in [0, 0.05) is 38.2 Å². The molecule has 246 valence electrons.